The van der Waals surface area contributed by atoms with Gasteiger partial charge < -0.3 is 10.4 Å². The number of hydrogen-bond donors (Lipinski definition) is 2. The third-order valence-corrected chi connectivity index (χ3v) is 3.81. The molecule has 3 nitrogen and oxygen atoms in total. The number of carbonyl (C=O) groups excluding carboxylic acids is 1. The Bertz CT molecular complexity index is 483. The van der Waals surface area contributed by atoms with Crippen molar-refractivity contribution in [2.75, 3.05) is 0 Å². The molecule has 1 saturated carbocycles. The maximum absolute atomic E-state index is 12.1. The molecule has 2 N–H and O–H groups in total. The standard InChI is InChI=1S/C16H21NO2/c1-12(13-6-2-3-7-13)16(19)17-10-14-8-4-5-9-15(14)11-18/h4-5,8-9,18H,2-3,6-7,10-11H2,1H3,(H,17,19). The summed E-state index contributed by atoms with van der Waals surface area (Å²) >= 11 is 0. The van der Waals surface area contributed by atoms with Crippen LogP contribution < -0.4 is 5.32 Å². The predicted octanol–water partition coefficient (Wildman–Crippen LogP) is 2.69. The van der Waals surface area contributed by atoms with Crippen molar-refractivity contribution in [1.29, 1.82) is 0 Å². The maximum Gasteiger partial charge on any atom is 0.247 e. The molecule has 1 aromatic carbocycles. The van der Waals surface area contributed by atoms with Gasteiger partial charge in [-0.25, -0.2) is 0 Å². The van der Waals surface area contributed by atoms with E-state index < -0.39 is 0 Å². The zero-order valence-electron chi connectivity index (χ0n) is 11.4. The van der Waals surface area contributed by atoms with Crippen LogP contribution in [0.4, 0.5) is 0 Å². The lowest BCUT2D eigenvalue weighted by Crippen LogP contribution is -2.24. The van der Waals surface area contributed by atoms with Crippen molar-refractivity contribution >= 4 is 5.91 Å². The smallest absolute Gasteiger partial charge is 0.247 e. The molecule has 0 radical (unpaired) electrons. The Balaban J connectivity index is 1.98. The van der Waals surface area contributed by atoms with Gasteiger partial charge in [-0.05, 0) is 43.7 Å². The van der Waals surface area contributed by atoms with E-state index >= 15 is 0 Å². The molecule has 1 aliphatic rings. The second kappa shape index (κ2) is 6.53. The Labute approximate surface area is 114 Å². The first-order chi connectivity index (χ1) is 9.22. The average molecular weight is 259 g/mol. The minimum atomic E-state index is 0.00607. The van der Waals surface area contributed by atoms with E-state index in [4.69, 9.17) is 0 Å². The van der Waals surface area contributed by atoms with Crippen LogP contribution in [0.15, 0.2) is 35.4 Å². The number of carbonyl (C=O) groups is 1. The van der Waals surface area contributed by atoms with Crippen molar-refractivity contribution in [3.8, 4) is 0 Å². The highest BCUT2D eigenvalue weighted by Gasteiger charge is 2.14. The van der Waals surface area contributed by atoms with Gasteiger partial charge in [0.05, 0.1) is 6.61 Å². The van der Waals surface area contributed by atoms with E-state index in [1.807, 2.05) is 31.2 Å². The number of hydrogen-bond acceptors (Lipinski definition) is 2. The van der Waals surface area contributed by atoms with Crippen LogP contribution in [0.5, 0.6) is 0 Å². The molecule has 1 amide bonds. The molecule has 3 heteroatoms. The largest absolute Gasteiger partial charge is 0.392 e. The van der Waals surface area contributed by atoms with E-state index in [1.54, 1.807) is 0 Å². The number of aliphatic hydroxyl groups excluding tert-OH is 1. The maximum atomic E-state index is 12.1. The molecule has 1 aromatic rings. The van der Waals surface area contributed by atoms with Crippen LogP contribution in [0.2, 0.25) is 0 Å². The van der Waals surface area contributed by atoms with Gasteiger partial charge in [-0.2, -0.15) is 0 Å². The normalized spacial score (nSPS) is 14.5. The van der Waals surface area contributed by atoms with Crippen LogP contribution in [-0.2, 0) is 17.9 Å². The van der Waals surface area contributed by atoms with Gasteiger partial charge in [-0.3, -0.25) is 4.79 Å². The van der Waals surface area contributed by atoms with Gasteiger partial charge in [0.2, 0.25) is 5.91 Å². The lowest BCUT2D eigenvalue weighted by molar-refractivity contribution is -0.117. The molecule has 0 saturated heterocycles. The first-order valence-corrected chi connectivity index (χ1v) is 6.87. The molecule has 1 fully saturated rings. The summed E-state index contributed by atoms with van der Waals surface area (Å²) in [4.78, 5) is 12.1. The van der Waals surface area contributed by atoms with Crippen molar-refractivity contribution in [1.82, 2.24) is 5.32 Å². The summed E-state index contributed by atoms with van der Waals surface area (Å²) in [6, 6.07) is 7.62. The summed E-state index contributed by atoms with van der Waals surface area (Å²) in [6.45, 7) is 2.39. The first-order valence-electron chi connectivity index (χ1n) is 6.87. The van der Waals surface area contributed by atoms with Crippen LogP contribution >= 0.6 is 0 Å². The lowest BCUT2D eigenvalue weighted by Gasteiger charge is -2.10. The fourth-order valence-corrected chi connectivity index (χ4v) is 2.53. The van der Waals surface area contributed by atoms with Crippen molar-refractivity contribution in [2.24, 2.45) is 0 Å². The molecule has 0 heterocycles. The van der Waals surface area contributed by atoms with Crippen LogP contribution in [0.3, 0.4) is 0 Å². The predicted molar refractivity (Wildman–Crippen MR) is 75.4 cm³/mol. The summed E-state index contributed by atoms with van der Waals surface area (Å²) in [5.74, 6) is 0.0182. The van der Waals surface area contributed by atoms with E-state index in [0.29, 0.717) is 6.54 Å². The SMILES string of the molecule is CC(C(=O)NCc1ccccc1CO)=C1CCCC1. The highest BCUT2D eigenvalue weighted by Crippen LogP contribution is 2.26. The third-order valence-electron chi connectivity index (χ3n) is 3.81. The summed E-state index contributed by atoms with van der Waals surface area (Å²) < 4.78 is 0. The molecule has 0 atom stereocenters. The summed E-state index contributed by atoms with van der Waals surface area (Å²) in [5, 5.41) is 12.2. The Morgan fingerprint density at radius 3 is 2.47 bits per heavy atom. The van der Waals surface area contributed by atoms with Crippen LogP contribution in [0, 0.1) is 0 Å². The highest BCUT2D eigenvalue weighted by atomic mass is 16.3. The van der Waals surface area contributed by atoms with E-state index in [9.17, 15) is 9.90 Å². The average Bonchev–Trinajstić information content (AvgIpc) is 2.98. The molecule has 102 valence electrons. The monoisotopic (exact) mass is 259 g/mol. The first kappa shape index (κ1) is 13.8. The molecule has 19 heavy (non-hydrogen) atoms. The Morgan fingerprint density at radius 2 is 1.84 bits per heavy atom. The van der Waals surface area contributed by atoms with Crippen LogP contribution in [0.25, 0.3) is 0 Å². The summed E-state index contributed by atoms with van der Waals surface area (Å²) in [5.41, 5.74) is 4.02. The van der Waals surface area contributed by atoms with Gasteiger partial charge in [0.25, 0.3) is 0 Å². The highest BCUT2D eigenvalue weighted by molar-refractivity contribution is 5.93. The molecule has 0 unspecified atom stereocenters. The molecule has 0 spiro atoms. The van der Waals surface area contributed by atoms with Crippen molar-refractivity contribution in [3.05, 3.63) is 46.5 Å². The molecular weight excluding hydrogens is 238 g/mol. The molecule has 0 bridgehead atoms. The second-order valence-corrected chi connectivity index (χ2v) is 5.05. The zero-order valence-corrected chi connectivity index (χ0v) is 11.4. The van der Waals surface area contributed by atoms with Gasteiger partial charge in [0.1, 0.15) is 0 Å². The zero-order chi connectivity index (χ0) is 13.7. The van der Waals surface area contributed by atoms with Gasteiger partial charge in [-0.15, -0.1) is 0 Å². The van der Waals surface area contributed by atoms with E-state index in [2.05, 4.69) is 5.32 Å². The van der Waals surface area contributed by atoms with Crippen LogP contribution in [-0.4, -0.2) is 11.0 Å². The fourth-order valence-electron chi connectivity index (χ4n) is 2.53. The third kappa shape index (κ3) is 3.44. The Kier molecular flexibility index (Phi) is 4.74. The minimum absolute atomic E-state index is 0.00607. The summed E-state index contributed by atoms with van der Waals surface area (Å²) in [7, 11) is 0. The number of amides is 1. The molecule has 2 rings (SSSR count). The number of benzene rings is 1. The number of rotatable bonds is 4. The van der Waals surface area contributed by atoms with Gasteiger partial charge in [-0.1, -0.05) is 29.8 Å². The second-order valence-electron chi connectivity index (χ2n) is 5.05. The van der Waals surface area contributed by atoms with Gasteiger partial charge in [0, 0.05) is 12.1 Å². The fraction of sp³-hybridized carbons (Fsp3) is 0.438. The molecule has 0 aliphatic heterocycles. The topological polar surface area (TPSA) is 49.3 Å². The lowest BCUT2D eigenvalue weighted by atomic mass is 10.1. The summed E-state index contributed by atoms with van der Waals surface area (Å²) in [6.07, 6.45) is 4.53. The number of allylic oxidation sites excluding steroid dienone is 1. The Hall–Kier alpha value is -1.61. The van der Waals surface area contributed by atoms with Gasteiger partial charge in [0.15, 0.2) is 0 Å². The van der Waals surface area contributed by atoms with E-state index in [0.717, 1.165) is 29.5 Å². The Morgan fingerprint density at radius 1 is 1.21 bits per heavy atom. The van der Waals surface area contributed by atoms with Crippen LogP contribution in [0.1, 0.15) is 43.7 Å². The molecular formula is C16H21NO2. The van der Waals surface area contributed by atoms with E-state index in [-0.39, 0.29) is 12.5 Å². The van der Waals surface area contributed by atoms with Crippen molar-refractivity contribution in [3.63, 3.8) is 0 Å². The van der Waals surface area contributed by atoms with Crippen molar-refractivity contribution in [2.45, 2.75) is 45.8 Å². The number of aliphatic hydroxyl groups is 1. The number of nitrogens with one attached hydrogen (secondary N) is 1. The molecule has 0 aromatic heterocycles. The van der Waals surface area contributed by atoms with Gasteiger partial charge >= 0.3 is 0 Å². The van der Waals surface area contributed by atoms with Crippen molar-refractivity contribution < 1.29 is 9.90 Å². The quantitative estimate of drug-likeness (QED) is 0.817. The minimum Gasteiger partial charge on any atom is -0.392 e. The van der Waals surface area contributed by atoms with E-state index in [1.165, 1.54) is 18.4 Å². The molecule has 1 aliphatic carbocycles.